The van der Waals surface area contributed by atoms with Gasteiger partial charge in [0, 0.05) is 24.2 Å². The minimum atomic E-state index is -0.0431. The van der Waals surface area contributed by atoms with E-state index in [1.54, 1.807) is 36.2 Å². The van der Waals surface area contributed by atoms with E-state index in [-0.39, 0.29) is 23.2 Å². The summed E-state index contributed by atoms with van der Waals surface area (Å²) < 4.78 is 0. The van der Waals surface area contributed by atoms with Crippen LogP contribution in [-0.2, 0) is 0 Å². The van der Waals surface area contributed by atoms with Gasteiger partial charge in [0.05, 0.1) is 0 Å². The summed E-state index contributed by atoms with van der Waals surface area (Å²) >= 11 is 0. The number of carbonyl (C=O) groups excluding carboxylic acids is 1. The van der Waals surface area contributed by atoms with E-state index in [1.165, 1.54) is 0 Å². The lowest BCUT2D eigenvalue weighted by atomic mass is 9.87. The number of rotatable bonds is 3. The van der Waals surface area contributed by atoms with Crippen molar-refractivity contribution in [1.29, 1.82) is 0 Å². The van der Waals surface area contributed by atoms with E-state index in [2.05, 4.69) is 25.9 Å². The summed E-state index contributed by atoms with van der Waals surface area (Å²) in [6, 6.07) is 6.80. The third-order valence-electron chi connectivity index (χ3n) is 3.69. The number of nitrogens with zero attached hydrogens (tertiary/aromatic N) is 2. The summed E-state index contributed by atoms with van der Waals surface area (Å²) in [6.07, 6.45) is 0. The van der Waals surface area contributed by atoms with Gasteiger partial charge in [-0.1, -0.05) is 38.1 Å². The topological polar surface area (TPSA) is 78.9 Å². The van der Waals surface area contributed by atoms with E-state index in [9.17, 15) is 4.79 Å². The molecular weight excluding hydrogens is 254 g/mol. The monoisotopic (exact) mass is 277 g/mol. The molecule has 5 heteroatoms. The van der Waals surface area contributed by atoms with Crippen LogP contribution in [0.15, 0.2) is 29.4 Å². The van der Waals surface area contributed by atoms with Gasteiger partial charge in [0.2, 0.25) is 0 Å². The molecule has 1 aromatic carbocycles. The second-order valence-electron chi connectivity index (χ2n) is 6.02. The number of hydrogen-bond acceptors (Lipinski definition) is 3. The van der Waals surface area contributed by atoms with Crippen molar-refractivity contribution < 1.29 is 10.0 Å². The Balaban J connectivity index is 2.93. The maximum absolute atomic E-state index is 12.4. The maximum Gasteiger partial charge on any atom is 0.253 e. The largest absolute Gasteiger partial charge is 0.409 e. The number of amidine groups is 1. The smallest absolute Gasteiger partial charge is 0.253 e. The third kappa shape index (κ3) is 3.50. The molecule has 0 fully saturated rings. The first-order valence-electron chi connectivity index (χ1n) is 6.53. The Morgan fingerprint density at radius 3 is 2.10 bits per heavy atom. The van der Waals surface area contributed by atoms with E-state index in [0.29, 0.717) is 11.1 Å². The van der Waals surface area contributed by atoms with Crippen molar-refractivity contribution in [2.45, 2.75) is 33.7 Å². The van der Waals surface area contributed by atoms with Crippen LogP contribution in [0.1, 0.15) is 43.6 Å². The van der Waals surface area contributed by atoms with Gasteiger partial charge < -0.3 is 15.8 Å². The molecule has 3 N–H and O–H groups in total. The average Bonchev–Trinajstić information content (AvgIpc) is 2.43. The molecule has 5 nitrogen and oxygen atoms in total. The van der Waals surface area contributed by atoms with Gasteiger partial charge in [0.1, 0.15) is 0 Å². The molecule has 1 atom stereocenters. The zero-order valence-electron chi connectivity index (χ0n) is 12.7. The summed E-state index contributed by atoms with van der Waals surface area (Å²) in [5.74, 6) is -0.0149. The lowest BCUT2D eigenvalue weighted by Crippen LogP contribution is -2.42. The molecule has 0 heterocycles. The van der Waals surface area contributed by atoms with Crippen LogP contribution in [-0.4, -0.2) is 34.9 Å². The molecule has 0 aliphatic rings. The number of nitrogens with two attached hydrogens (primary N) is 1. The van der Waals surface area contributed by atoms with Crippen molar-refractivity contribution >= 4 is 11.7 Å². The molecule has 1 rings (SSSR count). The quantitative estimate of drug-likeness (QED) is 0.385. The highest BCUT2D eigenvalue weighted by Crippen LogP contribution is 2.24. The SMILES string of the molecule is CC(N(C)C(=O)c1ccc(C(N)=NO)cc1)C(C)(C)C. The predicted octanol–water partition coefficient (Wildman–Crippen LogP) is 2.29. The van der Waals surface area contributed by atoms with Crippen LogP contribution in [0.5, 0.6) is 0 Å². The molecule has 1 aromatic rings. The fourth-order valence-electron chi connectivity index (χ4n) is 1.80. The molecular formula is C15H23N3O2. The van der Waals surface area contributed by atoms with Gasteiger partial charge in [-0.3, -0.25) is 4.79 Å². The minimum Gasteiger partial charge on any atom is -0.409 e. The number of hydrogen-bond donors (Lipinski definition) is 2. The fourth-order valence-corrected chi connectivity index (χ4v) is 1.80. The van der Waals surface area contributed by atoms with Crippen molar-refractivity contribution in [3.05, 3.63) is 35.4 Å². The molecule has 1 unspecified atom stereocenters. The standard InChI is InChI=1S/C15H23N3O2/c1-10(15(2,3)4)18(5)14(19)12-8-6-11(7-9-12)13(16)17-20/h6-10,20H,1-5H3,(H2,16,17). The zero-order valence-corrected chi connectivity index (χ0v) is 12.7. The number of carbonyl (C=O) groups is 1. The highest BCUT2D eigenvalue weighted by molar-refractivity contribution is 5.99. The second-order valence-corrected chi connectivity index (χ2v) is 6.02. The van der Waals surface area contributed by atoms with Crippen LogP contribution in [0, 0.1) is 5.41 Å². The van der Waals surface area contributed by atoms with Gasteiger partial charge in [-0.2, -0.15) is 0 Å². The number of amides is 1. The van der Waals surface area contributed by atoms with Gasteiger partial charge in [-0.05, 0) is 24.5 Å². The molecule has 1 amide bonds. The summed E-state index contributed by atoms with van der Waals surface area (Å²) in [7, 11) is 1.80. The zero-order chi connectivity index (χ0) is 15.5. The van der Waals surface area contributed by atoms with Crippen LogP contribution in [0.4, 0.5) is 0 Å². The van der Waals surface area contributed by atoms with Crippen LogP contribution in [0.3, 0.4) is 0 Å². The minimum absolute atomic E-state index is 0.0122. The molecule has 0 saturated carbocycles. The van der Waals surface area contributed by atoms with Gasteiger partial charge in [-0.25, -0.2) is 0 Å². The molecule has 0 radical (unpaired) electrons. The first kappa shape index (κ1) is 16.0. The Hall–Kier alpha value is -2.04. The van der Waals surface area contributed by atoms with Crippen molar-refractivity contribution in [3.63, 3.8) is 0 Å². The molecule has 0 spiro atoms. The van der Waals surface area contributed by atoms with E-state index in [4.69, 9.17) is 10.9 Å². The molecule has 0 bridgehead atoms. The molecule has 110 valence electrons. The van der Waals surface area contributed by atoms with Crippen LogP contribution < -0.4 is 5.73 Å². The normalized spacial score (nSPS) is 13.9. The molecule has 0 aliphatic carbocycles. The van der Waals surface area contributed by atoms with Gasteiger partial charge in [0.25, 0.3) is 5.91 Å². The summed E-state index contributed by atoms with van der Waals surface area (Å²) in [5, 5.41) is 11.5. The van der Waals surface area contributed by atoms with E-state index >= 15 is 0 Å². The van der Waals surface area contributed by atoms with Crippen molar-refractivity contribution in [1.82, 2.24) is 4.90 Å². The van der Waals surface area contributed by atoms with Crippen LogP contribution in [0.25, 0.3) is 0 Å². The van der Waals surface area contributed by atoms with Crippen LogP contribution in [0.2, 0.25) is 0 Å². The lowest BCUT2D eigenvalue weighted by Gasteiger charge is -2.35. The van der Waals surface area contributed by atoms with Gasteiger partial charge in [0.15, 0.2) is 5.84 Å². The lowest BCUT2D eigenvalue weighted by molar-refractivity contribution is 0.0629. The predicted molar refractivity (Wildman–Crippen MR) is 80.0 cm³/mol. The van der Waals surface area contributed by atoms with Gasteiger partial charge >= 0.3 is 0 Å². The number of benzene rings is 1. The Labute approximate surface area is 120 Å². The maximum atomic E-state index is 12.4. The second kappa shape index (κ2) is 5.94. The summed E-state index contributed by atoms with van der Waals surface area (Å²) in [4.78, 5) is 14.1. The molecule has 0 saturated heterocycles. The first-order chi connectivity index (χ1) is 9.18. The van der Waals surface area contributed by atoms with Crippen molar-refractivity contribution in [2.24, 2.45) is 16.3 Å². The highest BCUT2D eigenvalue weighted by Gasteiger charge is 2.27. The fraction of sp³-hybridized carbons (Fsp3) is 0.467. The van der Waals surface area contributed by atoms with Crippen LogP contribution >= 0.6 is 0 Å². The van der Waals surface area contributed by atoms with Crippen molar-refractivity contribution in [2.75, 3.05) is 7.05 Å². The number of oxime groups is 1. The Kier molecular flexibility index (Phi) is 4.76. The Morgan fingerprint density at radius 2 is 1.70 bits per heavy atom. The Bertz CT molecular complexity index is 501. The van der Waals surface area contributed by atoms with E-state index < -0.39 is 0 Å². The molecule has 20 heavy (non-hydrogen) atoms. The highest BCUT2D eigenvalue weighted by atomic mass is 16.4. The third-order valence-corrected chi connectivity index (χ3v) is 3.69. The average molecular weight is 277 g/mol. The molecule has 0 aliphatic heterocycles. The summed E-state index contributed by atoms with van der Waals surface area (Å²) in [5.41, 5.74) is 6.66. The van der Waals surface area contributed by atoms with E-state index in [1.807, 2.05) is 6.92 Å². The van der Waals surface area contributed by atoms with Gasteiger partial charge in [-0.15, -0.1) is 0 Å². The first-order valence-corrected chi connectivity index (χ1v) is 6.53. The van der Waals surface area contributed by atoms with E-state index in [0.717, 1.165) is 0 Å². The Morgan fingerprint density at radius 1 is 1.25 bits per heavy atom. The summed E-state index contributed by atoms with van der Waals surface area (Å²) in [6.45, 7) is 8.33. The molecule has 0 aromatic heterocycles. The van der Waals surface area contributed by atoms with Crippen molar-refractivity contribution in [3.8, 4) is 0 Å².